The molecule has 0 aliphatic heterocycles. The van der Waals surface area contributed by atoms with Crippen LogP contribution in [-0.2, 0) is 6.42 Å². The topological polar surface area (TPSA) is 0 Å². The molecule has 0 spiro atoms. The van der Waals surface area contributed by atoms with Crippen molar-refractivity contribution in [2.24, 2.45) is 5.92 Å². The van der Waals surface area contributed by atoms with Crippen molar-refractivity contribution < 1.29 is 0 Å². The Morgan fingerprint density at radius 3 is 2.41 bits per heavy atom. The average Bonchev–Trinajstić information content (AvgIpc) is 2.74. The second-order valence-electron chi connectivity index (χ2n) is 6.44. The van der Waals surface area contributed by atoms with Gasteiger partial charge in [-0.15, -0.1) is 0 Å². The Morgan fingerprint density at radius 2 is 1.94 bits per heavy atom. The van der Waals surface area contributed by atoms with Crippen LogP contribution in [0.5, 0.6) is 0 Å². The molecule has 17 heavy (non-hydrogen) atoms. The Balaban J connectivity index is 2.55. The van der Waals surface area contributed by atoms with Crippen LogP contribution in [-0.4, -0.2) is 18.4 Å². The molecule has 2 unspecified atom stereocenters. The Hall–Kier alpha value is 0.499. The van der Waals surface area contributed by atoms with Crippen LogP contribution in [0.1, 0.15) is 38.0 Å². The van der Waals surface area contributed by atoms with Gasteiger partial charge in [-0.25, -0.2) is 0 Å². The fourth-order valence-electron chi connectivity index (χ4n) is 2.20. The predicted molar refractivity (Wildman–Crippen MR) is 83.8 cm³/mol. The summed E-state index contributed by atoms with van der Waals surface area (Å²) in [7, 11) is 0. The first-order chi connectivity index (χ1) is 7.93. The average molecular weight is 359 g/mol. The Bertz CT molecular complexity index is 297. The van der Waals surface area contributed by atoms with E-state index in [1.807, 2.05) is 11.3 Å². The van der Waals surface area contributed by atoms with Crippen molar-refractivity contribution in [3.63, 3.8) is 0 Å². The molecule has 0 amide bonds. The molecule has 98 valence electrons. The molecular weight excluding hydrogens is 331 g/mol. The van der Waals surface area contributed by atoms with E-state index in [1.54, 1.807) is 4.88 Å². The first-order valence-electron chi connectivity index (χ1n) is 6.95. The Labute approximate surface area is 116 Å². The van der Waals surface area contributed by atoms with Crippen LogP contribution in [0.3, 0.4) is 0 Å². The molecule has 0 N–H and O–H groups in total. The van der Waals surface area contributed by atoms with Crippen molar-refractivity contribution in [2.45, 2.75) is 58.3 Å². The number of rotatable bonds is 7. The van der Waals surface area contributed by atoms with Gasteiger partial charge in [-0.3, -0.25) is 0 Å². The van der Waals surface area contributed by atoms with Gasteiger partial charge in [0.2, 0.25) is 0 Å². The summed E-state index contributed by atoms with van der Waals surface area (Å²) < 4.78 is 1.02. The molecule has 0 bridgehead atoms. The van der Waals surface area contributed by atoms with Crippen molar-refractivity contribution in [2.75, 3.05) is 0 Å². The molecule has 2 heteroatoms. The quantitative estimate of drug-likeness (QED) is 0.538. The van der Waals surface area contributed by atoms with Crippen molar-refractivity contribution in [1.29, 1.82) is 0 Å². The molecule has 2 atom stereocenters. The van der Waals surface area contributed by atoms with E-state index in [0.717, 1.165) is 9.85 Å². The van der Waals surface area contributed by atoms with Gasteiger partial charge in [0.05, 0.1) is 0 Å². The molecule has 0 saturated heterocycles. The van der Waals surface area contributed by atoms with E-state index in [2.05, 4.69) is 46.2 Å². The number of hydrogen-bond acceptors (Lipinski definition) is 1. The summed E-state index contributed by atoms with van der Waals surface area (Å²) in [4.78, 5) is 9.40. The summed E-state index contributed by atoms with van der Waals surface area (Å²) in [6.07, 6.45) is 5.59. The number of thiophene rings is 1. The van der Waals surface area contributed by atoms with Crippen LogP contribution < -0.4 is 0 Å². The zero-order valence-corrected chi connectivity index (χ0v) is 15.8. The van der Waals surface area contributed by atoms with Crippen LogP contribution in [0.4, 0.5) is 0 Å². The zero-order valence-electron chi connectivity index (χ0n) is 12.1. The molecule has 1 aromatic rings. The maximum atomic E-state index is 2.60. The van der Waals surface area contributed by atoms with E-state index in [-0.39, 0.29) is 0 Å². The predicted octanol–water partition coefficient (Wildman–Crippen LogP) is 5.83. The zero-order chi connectivity index (χ0) is 12.9. The summed E-state index contributed by atoms with van der Waals surface area (Å²) in [5.74, 6) is 0.912. The molecule has 1 heterocycles. The van der Waals surface area contributed by atoms with Crippen LogP contribution >= 0.6 is 11.3 Å². The third-order valence-electron chi connectivity index (χ3n) is 3.96. The molecular formula is C15H28SSn. The van der Waals surface area contributed by atoms with Gasteiger partial charge in [0.25, 0.3) is 0 Å². The van der Waals surface area contributed by atoms with E-state index >= 15 is 0 Å². The molecule has 0 saturated carbocycles. The molecule has 0 aliphatic carbocycles. The molecule has 0 radical (unpaired) electrons. The Kier molecular flexibility index (Phi) is 6.57. The van der Waals surface area contributed by atoms with E-state index < -0.39 is 18.4 Å². The second kappa shape index (κ2) is 7.18. The van der Waals surface area contributed by atoms with Crippen LogP contribution in [0.2, 0.25) is 18.8 Å². The van der Waals surface area contributed by atoms with E-state index in [1.165, 1.54) is 25.7 Å². The molecule has 0 nitrogen and oxygen atoms in total. The summed E-state index contributed by atoms with van der Waals surface area (Å²) in [5, 5.41) is 2.22. The van der Waals surface area contributed by atoms with Gasteiger partial charge in [-0.1, -0.05) is 0 Å². The van der Waals surface area contributed by atoms with E-state index in [4.69, 9.17) is 0 Å². The summed E-state index contributed by atoms with van der Waals surface area (Å²) in [6.45, 7) is 4.72. The Morgan fingerprint density at radius 1 is 1.24 bits per heavy atom. The summed E-state index contributed by atoms with van der Waals surface area (Å²) in [6, 6.07) is 4.52. The molecule has 0 aliphatic rings. The van der Waals surface area contributed by atoms with Crippen molar-refractivity contribution in [1.82, 2.24) is 0 Å². The number of hydrogen-bond donors (Lipinski definition) is 0. The molecule has 0 aromatic carbocycles. The summed E-state index contributed by atoms with van der Waals surface area (Å²) in [5.41, 5.74) is 0. The standard InChI is InChI=1S/C12H19S.3CH3.Sn/c1-3-11(2)7-4-5-8-12-9-6-10-13-12;;;;/h5-6,9-11H,3-4,7-8H2,1-2H3;3*1H3;. The first-order valence-corrected chi connectivity index (χ1v) is 18.0. The molecule has 1 rings (SSSR count). The van der Waals surface area contributed by atoms with Gasteiger partial charge in [-0.05, 0) is 0 Å². The SMILES string of the molecule is CCC(C)CC[CH](Cc1cccs1)[Sn]([CH3])([CH3])[CH3]. The first kappa shape index (κ1) is 15.6. The van der Waals surface area contributed by atoms with Gasteiger partial charge in [-0.2, -0.15) is 0 Å². The van der Waals surface area contributed by atoms with Crippen LogP contribution in [0.15, 0.2) is 17.5 Å². The van der Waals surface area contributed by atoms with Crippen molar-refractivity contribution in [3.05, 3.63) is 22.4 Å². The van der Waals surface area contributed by atoms with Gasteiger partial charge in [0.1, 0.15) is 0 Å². The van der Waals surface area contributed by atoms with E-state index in [9.17, 15) is 0 Å². The second-order valence-corrected chi connectivity index (χ2v) is 23.3. The normalized spacial score (nSPS) is 15.8. The van der Waals surface area contributed by atoms with Gasteiger partial charge in [0.15, 0.2) is 0 Å². The minimum absolute atomic E-state index is 0.912. The maximum absolute atomic E-state index is 2.60. The van der Waals surface area contributed by atoms with Gasteiger partial charge < -0.3 is 0 Å². The molecule has 1 aromatic heterocycles. The van der Waals surface area contributed by atoms with Gasteiger partial charge >= 0.3 is 116 Å². The van der Waals surface area contributed by atoms with Crippen molar-refractivity contribution in [3.8, 4) is 0 Å². The third kappa shape index (κ3) is 5.78. The van der Waals surface area contributed by atoms with Crippen LogP contribution in [0, 0.1) is 5.92 Å². The van der Waals surface area contributed by atoms with Crippen molar-refractivity contribution >= 4 is 29.7 Å². The van der Waals surface area contributed by atoms with Gasteiger partial charge in [0, 0.05) is 0 Å². The minimum atomic E-state index is -1.75. The summed E-state index contributed by atoms with van der Waals surface area (Å²) >= 11 is 0.186. The molecule has 0 fully saturated rings. The monoisotopic (exact) mass is 360 g/mol. The van der Waals surface area contributed by atoms with Crippen LogP contribution in [0.25, 0.3) is 0 Å². The third-order valence-corrected chi connectivity index (χ3v) is 13.3. The fourth-order valence-corrected chi connectivity index (χ4v) is 8.73. The fraction of sp³-hybridized carbons (Fsp3) is 0.733. The van der Waals surface area contributed by atoms with E-state index in [0.29, 0.717) is 0 Å².